The maximum atomic E-state index is 13.9. The van der Waals surface area contributed by atoms with Gasteiger partial charge in [0.1, 0.15) is 5.82 Å². The number of carbonyl (C=O) groups is 1. The number of alkyl halides is 3. The molecule has 0 N–H and O–H groups in total. The molecule has 11 heteroatoms. The van der Waals surface area contributed by atoms with Crippen LogP contribution in [0.15, 0.2) is 43.0 Å². The molecule has 8 nitrogen and oxygen atoms in total. The van der Waals surface area contributed by atoms with Crippen molar-refractivity contribution in [3.8, 4) is 11.1 Å². The molecule has 0 saturated carbocycles. The quantitative estimate of drug-likeness (QED) is 0.419. The number of nitrogens with zero attached hydrogens (tertiary/aromatic N) is 7. The summed E-state index contributed by atoms with van der Waals surface area (Å²) >= 11 is 0. The summed E-state index contributed by atoms with van der Waals surface area (Å²) in [6.07, 6.45) is 2.24. The van der Waals surface area contributed by atoms with E-state index in [9.17, 15) is 18.0 Å². The third-order valence-electron chi connectivity index (χ3n) is 6.32. The fourth-order valence-electron chi connectivity index (χ4n) is 4.65. The topological polar surface area (TPSA) is 81.7 Å². The number of hydrogen-bond donors (Lipinski definition) is 0. The van der Waals surface area contributed by atoms with Gasteiger partial charge < -0.3 is 9.47 Å². The Kier molecular flexibility index (Phi) is 5.85. The average molecular weight is 496 g/mol. The number of amides is 1. The number of halogens is 3. The highest BCUT2D eigenvalue weighted by molar-refractivity contribution is 5.99. The van der Waals surface area contributed by atoms with Gasteiger partial charge in [-0.05, 0) is 60.7 Å². The molecule has 0 radical (unpaired) electrons. The van der Waals surface area contributed by atoms with Crippen LogP contribution in [0.5, 0.6) is 0 Å². The van der Waals surface area contributed by atoms with E-state index in [1.807, 2.05) is 24.5 Å². The molecule has 5 rings (SSSR count). The molecule has 0 bridgehead atoms. The average Bonchev–Trinajstić information content (AvgIpc) is 3.41. The summed E-state index contributed by atoms with van der Waals surface area (Å²) in [5, 5.41) is 11.8. The van der Waals surface area contributed by atoms with Crippen LogP contribution in [0.25, 0.3) is 11.1 Å². The van der Waals surface area contributed by atoms with Crippen molar-refractivity contribution in [1.82, 2.24) is 34.4 Å². The summed E-state index contributed by atoms with van der Waals surface area (Å²) in [5.74, 6) is 0.514. The number of aromatic nitrogens is 6. The molecule has 1 aliphatic heterocycles. The Morgan fingerprint density at radius 3 is 2.53 bits per heavy atom. The maximum Gasteiger partial charge on any atom is 0.435 e. The lowest BCUT2D eigenvalue weighted by molar-refractivity contribution is -0.140. The summed E-state index contributed by atoms with van der Waals surface area (Å²) < 4.78 is 44.7. The molecule has 3 aromatic heterocycles. The Labute approximate surface area is 205 Å². The molecule has 186 valence electrons. The second-order valence-electron chi connectivity index (χ2n) is 9.04. The van der Waals surface area contributed by atoms with Gasteiger partial charge in [0.05, 0.1) is 18.4 Å². The second-order valence-corrected chi connectivity index (χ2v) is 9.04. The van der Waals surface area contributed by atoms with Gasteiger partial charge in [-0.15, -0.1) is 0 Å². The molecular weight excluding hydrogens is 471 g/mol. The molecule has 4 aromatic rings. The second kappa shape index (κ2) is 8.89. The monoisotopic (exact) mass is 495 g/mol. The van der Waals surface area contributed by atoms with Gasteiger partial charge in [-0.2, -0.15) is 28.5 Å². The molecule has 0 spiro atoms. The summed E-state index contributed by atoms with van der Waals surface area (Å²) in [6, 6.07) is 5.38. The van der Waals surface area contributed by atoms with Crippen molar-refractivity contribution in [3.63, 3.8) is 0 Å². The lowest BCUT2D eigenvalue weighted by Gasteiger charge is -2.30. The number of hydrogen-bond acceptors (Lipinski definition) is 5. The van der Waals surface area contributed by atoms with Crippen molar-refractivity contribution < 1.29 is 18.0 Å². The number of benzene rings is 1. The van der Waals surface area contributed by atoms with Crippen LogP contribution in [0, 0.1) is 13.8 Å². The van der Waals surface area contributed by atoms with E-state index in [0.717, 1.165) is 16.1 Å². The molecule has 0 aliphatic carbocycles. The summed E-state index contributed by atoms with van der Waals surface area (Å²) in [4.78, 5) is 19.5. The normalized spacial score (nSPS) is 13.8. The highest BCUT2D eigenvalue weighted by Crippen LogP contribution is 2.40. The number of imidazole rings is 1. The zero-order valence-corrected chi connectivity index (χ0v) is 20.0. The van der Waals surface area contributed by atoms with E-state index in [2.05, 4.69) is 20.3 Å². The number of fused-ring (bicyclic) bond motifs is 1. The first-order valence-corrected chi connectivity index (χ1v) is 11.4. The van der Waals surface area contributed by atoms with Crippen LogP contribution in [0.4, 0.5) is 13.2 Å². The Balaban J connectivity index is 1.61. The van der Waals surface area contributed by atoms with E-state index in [1.54, 1.807) is 35.6 Å². The number of aryl methyl sites for hydroxylation is 3. The van der Waals surface area contributed by atoms with E-state index in [0.29, 0.717) is 47.5 Å². The fraction of sp³-hybridized carbons (Fsp3) is 0.320. The van der Waals surface area contributed by atoms with Gasteiger partial charge in [0.25, 0.3) is 5.91 Å². The Morgan fingerprint density at radius 1 is 1.06 bits per heavy atom. The van der Waals surface area contributed by atoms with Gasteiger partial charge in [-0.3, -0.25) is 9.48 Å². The molecule has 0 fully saturated rings. The van der Waals surface area contributed by atoms with Crippen molar-refractivity contribution in [2.45, 2.75) is 39.5 Å². The van der Waals surface area contributed by atoms with E-state index in [-0.39, 0.29) is 18.0 Å². The van der Waals surface area contributed by atoms with E-state index in [1.165, 1.54) is 13.2 Å². The van der Waals surface area contributed by atoms with Crippen molar-refractivity contribution in [1.29, 1.82) is 0 Å². The number of rotatable bonds is 5. The molecule has 0 unspecified atom stereocenters. The van der Waals surface area contributed by atoms with Gasteiger partial charge in [-0.25, -0.2) is 4.98 Å². The van der Waals surface area contributed by atoms with Crippen LogP contribution >= 0.6 is 0 Å². The highest BCUT2D eigenvalue weighted by atomic mass is 19.4. The minimum atomic E-state index is -4.63. The fourth-order valence-corrected chi connectivity index (χ4v) is 4.65. The Bertz CT molecular complexity index is 1450. The van der Waals surface area contributed by atoms with Crippen LogP contribution in [-0.2, 0) is 32.7 Å². The molecule has 1 aromatic carbocycles. The first kappa shape index (κ1) is 23.7. The maximum absolute atomic E-state index is 13.9. The third-order valence-corrected chi connectivity index (χ3v) is 6.32. The first-order valence-electron chi connectivity index (χ1n) is 11.4. The van der Waals surface area contributed by atoms with Gasteiger partial charge in [0.15, 0.2) is 5.69 Å². The molecular formula is C25H24F3N7O. The summed E-state index contributed by atoms with van der Waals surface area (Å²) in [6.45, 7) is 4.74. The van der Waals surface area contributed by atoms with Crippen molar-refractivity contribution in [2.24, 2.45) is 7.05 Å². The van der Waals surface area contributed by atoms with Gasteiger partial charge in [0, 0.05) is 49.9 Å². The van der Waals surface area contributed by atoms with Crippen molar-refractivity contribution >= 4 is 5.91 Å². The Hall–Kier alpha value is -4.02. The molecule has 4 heterocycles. The van der Waals surface area contributed by atoms with Crippen LogP contribution in [0.1, 0.15) is 44.3 Å². The molecule has 0 saturated heterocycles. The number of carbonyl (C=O) groups excluding carboxylic acids is 1. The molecule has 36 heavy (non-hydrogen) atoms. The molecule has 1 amide bonds. The minimum Gasteiger partial charge on any atom is -0.332 e. The van der Waals surface area contributed by atoms with Crippen molar-refractivity contribution in [3.05, 3.63) is 82.5 Å². The lowest BCUT2D eigenvalue weighted by atomic mass is 9.88. The zero-order chi connectivity index (χ0) is 25.6. The predicted molar refractivity (Wildman–Crippen MR) is 125 cm³/mol. The summed E-state index contributed by atoms with van der Waals surface area (Å²) in [5.41, 5.74) is 2.66. The molecule has 0 atom stereocenters. The largest absolute Gasteiger partial charge is 0.435 e. The van der Waals surface area contributed by atoms with E-state index in [4.69, 9.17) is 0 Å². The minimum absolute atomic E-state index is 0.0312. The van der Waals surface area contributed by atoms with E-state index < -0.39 is 11.9 Å². The summed E-state index contributed by atoms with van der Waals surface area (Å²) in [7, 11) is 1.46. The SMILES string of the molecule is Cc1cnnc(CN2CCc3c(cc(Cn4ccnc4C)cc3-c3cn(C)nc3C(F)(F)F)C2=O)c1. The molecule has 1 aliphatic rings. The van der Waals surface area contributed by atoms with Gasteiger partial charge in [-0.1, -0.05) is 0 Å². The third kappa shape index (κ3) is 4.48. The predicted octanol–water partition coefficient (Wildman–Crippen LogP) is 3.96. The smallest absolute Gasteiger partial charge is 0.332 e. The lowest BCUT2D eigenvalue weighted by Crippen LogP contribution is -2.37. The van der Waals surface area contributed by atoms with Crippen LogP contribution in [-0.4, -0.2) is 46.9 Å². The Morgan fingerprint density at radius 2 is 1.83 bits per heavy atom. The highest BCUT2D eigenvalue weighted by Gasteiger charge is 2.39. The van der Waals surface area contributed by atoms with Gasteiger partial charge >= 0.3 is 6.18 Å². The van der Waals surface area contributed by atoms with Crippen LogP contribution in [0.3, 0.4) is 0 Å². The van der Waals surface area contributed by atoms with Crippen LogP contribution < -0.4 is 0 Å². The zero-order valence-electron chi connectivity index (χ0n) is 20.0. The van der Waals surface area contributed by atoms with E-state index >= 15 is 0 Å². The van der Waals surface area contributed by atoms with Crippen LogP contribution in [0.2, 0.25) is 0 Å². The first-order chi connectivity index (χ1) is 17.1. The standard InChI is InChI=1S/C25H24F3N7O/c1-15-8-18(31-30-11-15)13-35-6-4-19-20(22-14-33(3)32-23(22)25(26,27)28)9-17(10-21(19)24(35)36)12-34-7-5-29-16(34)2/h5,7-11,14H,4,6,12-13H2,1-3H3. The van der Waals surface area contributed by atoms with Gasteiger partial charge in [0.2, 0.25) is 0 Å². The van der Waals surface area contributed by atoms with Crippen molar-refractivity contribution in [2.75, 3.05) is 6.54 Å².